The molecule has 0 amide bonds. The average Bonchev–Trinajstić information content (AvgIpc) is 2.32. The summed E-state index contributed by atoms with van der Waals surface area (Å²) in [4.78, 5) is 11.4. The van der Waals surface area contributed by atoms with E-state index in [-0.39, 0.29) is 18.8 Å². The van der Waals surface area contributed by atoms with Crippen molar-refractivity contribution < 1.29 is 19.0 Å². The number of rotatable bonds is 5. The lowest BCUT2D eigenvalue weighted by molar-refractivity contribution is 0.0521. The molecule has 17 heavy (non-hydrogen) atoms. The molecule has 92 valence electrons. The van der Waals surface area contributed by atoms with Crippen LogP contribution in [0.1, 0.15) is 29.3 Å². The molecule has 4 heteroatoms. The molecule has 0 aliphatic carbocycles. The van der Waals surface area contributed by atoms with Gasteiger partial charge in [0.15, 0.2) is 0 Å². The minimum Gasteiger partial charge on any atom is -0.462 e. The predicted molar refractivity (Wildman–Crippen MR) is 63.1 cm³/mol. The molecule has 0 saturated heterocycles. The minimum absolute atomic E-state index is 0.0580. The second-order valence-corrected chi connectivity index (χ2v) is 3.37. The highest BCUT2D eigenvalue weighted by atomic mass is 19.1. The molecule has 0 bridgehead atoms. The molecule has 0 radical (unpaired) electrons. The summed E-state index contributed by atoms with van der Waals surface area (Å²) in [6, 6.07) is 4.22. The highest BCUT2D eigenvalue weighted by Gasteiger charge is 2.12. The van der Waals surface area contributed by atoms with Crippen LogP contribution >= 0.6 is 0 Å². The molecule has 0 unspecified atom stereocenters. The first-order valence-electron chi connectivity index (χ1n) is 5.43. The number of halogens is 1. The van der Waals surface area contributed by atoms with Crippen LogP contribution in [-0.2, 0) is 4.74 Å². The van der Waals surface area contributed by atoms with Crippen molar-refractivity contribution in [3.05, 3.63) is 41.2 Å². The fourth-order valence-corrected chi connectivity index (χ4v) is 1.31. The van der Waals surface area contributed by atoms with Gasteiger partial charge in [-0.15, -0.1) is 0 Å². The van der Waals surface area contributed by atoms with E-state index >= 15 is 0 Å². The van der Waals surface area contributed by atoms with E-state index in [1.165, 1.54) is 12.1 Å². The van der Waals surface area contributed by atoms with Crippen LogP contribution < -0.4 is 0 Å². The maximum Gasteiger partial charge on any atom is 0.341 e. The van der Waals surface area contributed by atoms with Gasteiger partial charge in [-0.2, -0.15) is 0 Å². The molecular weight excluding hydrogens is 223 g/mol. The number of carbonyl (C=O) groups excluding carboxylic acids is 1. The van der Waals surface area contributed by atoms with E-state index < -0.39 is 11.8 Å². The van der Waals surface area contributed by atoms with Gasteiger partial charge in [-0.3, -0.25) is 0 Å². The molecule has 0 fully saturated rings. The fraction of sp³-hybridized carbons (Fsp3) is 0.308. The molecule has 0 aromatic heterocycles. The number of ether oxygens (including phenoxy) is 1. The summed E-state index contributed by atoms with van der Waals surface area (Å²) in [5.74, 6) is -1.26. The second kappa shape index (κ2) is 6.81. The number of aliphatic hydroxyl groups is 1. The van der Waals surface area contributed by atoms with E-state index in [2.05, 4.69) is 0 Å². The highest BCUT2D eigenvalue weighted by Crippen LogP contribution is 2.13. The SMILES string of the molecule is CCOC(=O)c1cc(C=CCCO)ccc1F. The van der Waals surface area contributed by atoms with E-state index in [0.717, 1.165) is 0 Å². The Kier molecular flexibility index (Phi) is 5.36. The van der Waals surface area contributed by atoms with Crippen LogP contribution in [0.2, 0.25) is 0 Å². The molecule has 0 aliphatic rings. The zero-order valence-corrected chi connectivity index (χ0v) is 9.65. The van der Waals surface area contributed by atoms with Gasteiger partial charge in [0.25, 0.3) is 0 Å². The number of carbonyl (C=O) groups is 1. The van der Waals surface area contributed by atoms with E-state index in [9.17, 15) is 9.18 Å². The molecule has 1 aromatic carbocycles. The van der Waals surface area contributed by atoms with Crippen LogP contribution in [0.25, 0.3) is 6.08 Å². The average molecular weight is 238 g/mol. The van der Waals surface area contributed by atoms with Gasteiger partial charge in [-0.25, -0.2) is 9.18 Å². The van der Waals surface area contributed by atoms with Crippen LogP contribution in [-0.4, -0.2) is 24.3 Å². The Hall–Kier alpha value is -1.68. The van der Waals surface area contributed by atoms with Crippen LogP contribution in [0.3, 0.4) is 0 Å². The summed E-state index contributed by atoms with van der Waals surface area (Å²) in [5.41, 5.74) is 0.626. The molecule has 0 heterocycles. The number of hydrogen-bond donors (Lipinski definition) is 1. The summed E-state index contributed by atoms with van der Waals surface area (Å²) in [7, 11) is 0. The van der Waals surface area contributed by atoms with E-state index in [0.29, 0.717) is 12.0 Å². The van der Waals surface area contributed by atoms with Crippen LogP contribution in [0.15, 0.2) is 24.3 Å². The molecular formula is C13H15FO3. The smallest absolute Gasteiger partial charge is 0.341 e. The molecule has 0 atom stereocenters. The first-order chi connectivity index (χ1) is 8.19. The maximum absolute atomic E-state index is 13.4. The zero-order valence-electron chi connectivity index (χ0n) is 9.65. The lowest BCUT2D eigenvalue weighted by Gasteiger charge is -2.04. The quantitative estimate of drug-likeness (QED) is 0.801. The van der Waals surface area contributed by atoms with Gasteiger partial charge in [0, 0.05) is 6.61 Å². The lowest BCUT2D eigenvalue weighted by atomic mass is 10.1. The first-order valence-corrected chi connectivity index (χ1v) is 5.43. The molecule has 0 spiro atoms. The van der Waals surface area contributed by atoms with E-state index in [1.807, 2.05) is 0 Å². The monoisotopic (exact) mass is 238 g/mol. The standard InChI is InChI=1S/C13H15FO3/c1-2-17-13(16)11-9-10(5-3-4-8-15)6-7-12(11)14/h3,5-7,9,15H,2,4,8H2,1H3. The Morgan fingerprint density at radius 3 is 2.94 bits per heavy atom. The van der Waals surface area contributed by atoms with Gasteiger partial charge >= 0.3 is 5.97 Å². The van der Waals surface area contributed by atoms with E-state index in [1.54, 1.807) is 25.1 Å². The zero-order chi connectivity index (χ0) is 12.7. The molecule has 0 aliphatic heterocycles. The van der Waals surface area contributed by atoms with Crippen molar-refractivity contribution in [2.75, 3.05) is 13.2 Å². The van der Waals surface area contributed by atoms with Gasteiger partial charge in [0.05, 0.1) is 12.2 Å². The maximum atomic E-state index is 13.4. The Labute approximate surface area is 99.5 Å². The summed E-state index contributed by atoms with van der Waals surface area (Å²) in [6.45, 7) is 1.94. The van der Waals surface area contributed by atoms with Crippen molar-refractivity contribution in [3.8, 4) is 0 Å². The Morgan fingerprint density at radius 1 is 1.53 bits per heavy atom. The molecule has 1 rings (SSSR count). The number of benzene rings is 1. The normalized spacial score (nSPS) is 10.8. The van der Waals surface area contributed by atoms with Crippen molar-refractivity contribution in [2.45, 2.75) is 13.3 Å². The summed E-state index contributed by atoms with van der Waals surface area (Å²) in [5, 5.41) is 8.62. The van der Waals surface area contributed by atoms with Gasteiger partial charge in [0.2, 0.25) is 0 Å². The van der Waals surface area contributed by atoms with Crippen molar-refractivity contribution in [1.29, 1.82) is 0 Å². The number of aliphatic hydroxyl groups excluding tert-OH is 1. The lowest BCUT2D eigenvalue weighted by Crippen LogP contribution is -2.07. The van der Waals surface area contributed by atoms with Gasteiger partial charge in [-0.05, 0) is 31.0 Å². The summed E-state index contributed by atoms with van der Waals surface area (Å²) < 4.78 is 18.1. The third-order valence-electron chi connectivity index (χ3n) is 2.09. The van der Waals surface area contributed by atoms with Crippen molar-refractivity contribution in [2.24, 2.45) is 0 Å². The van der Waals surface area contributed by atoms with Crippen molar-refractivity contribution in [1.82, 2.24) is 0 Å². The van der Waals surface area contributed by atoms with Crippen molar-refractivity contribution >= 4 is 12.0 Å². The van der Waals surface area contributed by atoms with Gasteiger partial charge < -0.3 is 9.84 Å². The molecule has 0 saturated carbocycles. The third-order valence-corrected chi connectivity index (χ3v) is 2.09. The topological polar surface area (TPSA) is 46.5 Å². The molecule has 1 aromatic rings. The molecule has 3 nitrogen and oxygen atoms in total. The summed E-state index contributed by atoms with van der Waals surface area (Å²) in [6.07, 6.45) is 3.99. The largest absolute Gasteiger partial charge is 0.462 e. The van der Waals surface area contributed by atoms with Gasteiger partial charge in [0.1, 0.15) is 5.82 Å². The minimum atomic E-state index is -0.664. The third kappa shape index (κ3) is 4.00. The Bertz CT molecular complexity index is 413. The number of hydrogen-bond acceptors (Lipinski definition) is 3. The van der Waals surface area contributed by atoms with Crippen molar-refractivity contribution in [3.63, 3.8) is 0 Å². The Morgan fingerprint density at radius 2 is 2.29 bits per heavy atom. The first kappa shape index (κ1) is 13.4. The predicted octanol–water partition coefficient (Wildman–Crippen LogP) is 2.40. The van der Waals surface area contributed by atoms with E-state index in [4.69, 9.17) is 9.84 Å². The second-order valence-electron chi connectivity index (χ2n) is 3.37. The van der Waals surface area contributed by atoms with Gasteiger partial charge in [-0.1, -0.05) is 18.2 Å². The number of esters is 1. The highest BCUT2D eigenvalue weighted by molar-refractivity contribution is 5.90. The van der Waals surface area contributed by atoms with Crippen LogP contribution in [0, 0.1) is 5.82 Å². The Balaban J connectivity index is 2.90. The van der Waals surface area contributed by atoms with Crippen LogP contribution in [0.5, 0.6) is 0 Å². The fourth-order valence-electron chi connectivity index (χ4n) is 1.31. The molecule has 1 N–H and O–H groups in total. The van der Waals surface area contributed by atoms with Crippen LogP contribution in [0.4, 0.5) is 4.39 Å². The summed E-state index contributed by atoms with van der Waals surface area (Å²) >= 11 is 0.